The zero-order valence-corrected chi connectivity index (χ0v) is 15.3. The lowest BCUT2D eigenvalue weighted by molar-refractivity contribution is 0.0674. The zero-order valence-electron chi connectivity index (χ0n) is 13.0. The van der Waals surface area contributed by atoms with Crippen LogP contribution in [-0.2, 0) is 4.74 Å². The van der Waals surface area contributed by atoms with E-state index in [1.165, 1.54) is 5.56 Å². The molecule has 1 aromatic carbocycles. The Balaban J connectivity index is 0.00000242. The van der Waals surface area contributed by atoms with Gasteiger partial charge in [0.1, 0.15) is 0 Å². The molecule has 0 radical (unpaired) electrons. The van der Waals surface area contributed by atoms with Gasteiger partial charge in [-0.3, -0.25) is 4.99 Å². The molecule has 1 aliphatic heterocycles. The Labute approximate surface area is 149 Å². The minimum Gasteiger partial charge on any atom is -0.393 e. The fourth-order valence-corrected chi connectivity index (χ4v) is 2.55. The SMILES string of the molecule is CC(O)CC(CN=C(N)N1CCOCC1)c1ccccc1.I. The van der Waals surface area contributed by atoms with Crippen molar-refractivity contribution < 1.29 is 9.84 Å². The molecule has 124 valence electrons. The summed E-state index contributed by atoms with van der Waals surface area (Å²) in [5, 5.41) is 9.69. The molecule has 0 bridgehead atoms. The summed E-state index contributed by atoms with van der Waals surface area (Å²) in [5.41, 5.74) is 7.26. The number of guanidine groups is 1. The molecule has 6 heteroatoms. The van der Waals surface area contributed by atoms with Gasteiger partial charge in [-0.25, -0.2) is 0 Å². The predicted molar refractivity (Wildman–Crippen MR) is 99.8 cm³/mol. The summed E-state index contributed by atoms with van der Waals surface area (Å²) < 4.78 is 5.31. The van der Waals surface area contributed by atoms with Gasteiger partial charge >= 0.3 is 0 Å². The van der Waals surface area contributed by atoms with E-state index in [9.17, 15) is 5.11 Å². The summed E-state index contributed by atoms with van der Waals surface area (Å²) in [6.45, 7) is 5.39. The first-order chi connectivity index (χ1) is 10.2. The number of aliphatic imine (C=N–C) groups is 1. The number of rotatable bonds is 5. The first kappa shape index (κ1) is 19.2. The fourth-order valence-electron chi connectivity index (χ4n) is 2.55. The maximum atomic E-state index is 9.69. The molecule has 0 aromatic heterocycles. The summed E-state index contributed by atoms with van der Waals surface area (Å²) in [6, 6.07) is 10.2. The molecule has 0 saturated carbocycles. The lowest BCUT2D eigenvalue weighted by Gasteiger charge is -2.28. The van der Waals surface area contributed by atoms with Crippen molar-refractivity contribution in [1.29, 1.82) is 0 Å². The predicted octanol–water partition coefficient (Wildman–Crippen LogP) is 1.81. The van der Waals surface area contributed by atoms with E-state index in [-0.39, 0.29) is 36.0 Å². The molecule has 22 heavy (non-hydrogen) atoms. The van der Waals surface area contributed by atoms with Crippen LogP contribution in [0.4, 0.5) is 0 Å². The minimum atomic E-state index is -0.352. The number of morpholine rings is 1. The van der Waals surface area contributed by atoms with Gasteiger partial charge in [-0.15, -0.1) is 24.0 Å². The maximum absolute atomic E-state index is 9.69. The highest BCUT2D eigenvalue weighted by Crippen LogP contribution is 2.21. The smallest absolute Gasteiger partial charge is 0.191 e. The van der Waals surface area contributed by atoms with Gasteiger partial charge in [-0.2, -0.15) is 0 Å². The highest BCUT2D eigenvalue weighted by atomic mass is 127. The van der Waals surface area contributed by atoms with Crippen LogP contribution in [0.15, 0.2) is 35.3 Å². The van der Waals surface area contributed by atoms with Gasteiger partial charge in [0.05, 0.1) is 19.3 Å². The normalized spacial score (nSPS) is 18.5. The zero-order chi connectivity index (χ0) is 15.1. The quantitative estimate of drug-likeness (QED) is 0.434. The van der Waals surface area contributed by atoms with Crippen LogP contribution in [0.1, 0.15) is 24.8 Å². The number of halogens is 1. The molecular formula is C16H26IN3O2. The van der Waals surface area contributed by atoms with E-state index in [1.807, 2.05) is 30.0 Å². The third-order valence-electron chi connectivity index (χ3n) is 3.71. The Morgan fingerprint density at radius 1 is 1.32 bits per heavy atom. The molecule has 1 fully saturated rings. The van der Waals surface area contributed by atoms with Crippen molar-refractivity contribution >= 4 is 29.9 Å². The molecule has 0 aliphatic carbocycles. The molecule has 2 unspecified atom stereocenters. The molecule has 1 aliphatic rings. The lowest BCUT2D eigenvalue weighted by atomic mass is 9.93. The van der Waals surface area contributed by atoms with Crippen LogP contribution >= 0.6 is 24.0 Å². The summed E-state index contributed by atoms with van der Waals surface area (Å²) in [7, 11) is 0. The molecule has 5 nitrogen and oxygen atoms in total. The van der Waals surface area contributed by atoms with Gasteiger partial charge in [0.2, 0.25) is 0 Å². The number of hydrogen-bond acceptors (Lipinski definition) is 3. The number of nitrogens with zero attached hydrogens (tertiary/aromatic N) is 2. The number of aliphatic hydroxyl groups excluding tert-OH is 1. The fraction of sp³-hybridized carbons (Fsp3) is 0.562. The highest BCUT2D eigenvalue weighted by molar-refractivity contribution is 14.0. The van der Waals surface area contributed by atoms with Crippen molar-refractivity contribution in [2.45, 2.75) is 25.4 Å². The van der Waals surface area contributed by atoms with E-state index in [0.717, 1.165) is 13.1 Å². The van der Waals surface area contributed by atoms with Crippen LogP contribution in [0, 0.1) is 0 Å². The average molecular weight is 419 g/mol. The summed E-state index contributed by atoms with van der Waals surface area (Å²) in [5.74, 6) is 0.760. The second-order valence-electron chi connectivity index (χ2n) is 5.49. The second-order valence-corrected chi connectivity index (χ2v) is 5.49. The summed E-state index contributed by atoms with van der Waals surface area (Å²) >= 11 is 0. The van der Waals surface area contributed by atoms with E-state index < -0.39 is 0 Å². The number of benzene rings is 1. The topological polar surface area (TPSA) is 71.1 Å². The number of ether oxygens (including phenoxy) is 1. The van der Waals surface area contributed by atoms with Crippen LogP contribution in [0.25, 0.3) is 0 Å². The third kappa shape index (κ3) is 6.10. The van der Waals surface area contributed by atoms with E-state index in [1.54, 1.807) is 0 Å². The molecular weight excluding hydrogens is 393 g/mol. The molecule has 1 aromatic rings. The Morgan fingerprint density at radius 3 is 2.55 bits per heavy atom. The van der Waals surface area contributed by atoms with E-state index in [0.29, 0.717) is 32.1 Å². The van der Waals surface area contributed by atoms with E-state index in [4.69, 9.17) is 10.5 Å². The number of aliphatic hydroxyl groups is 1. The van der Waals surface area contributed by atoms with Crippen LogP contribution < -0.4 is 5.73 Å². The van der Waals surface area contributed by atoms with Crippen molar-refractivity contribution in [2.75, 3.05) is 32.8 Å². The Bertz CT molecular complexity index is 448. The van der Waals surface area contributed by atoms with Gasteiger partial charge in [0.25, 0.3) is 0 Å². The average Bonchev–Trinajstić information content (AvgIpc) is 2.52. The second kappa shape index (κ2) is 10.0. The van der Waals surface area contributed by atoms with E-state index >= 15 is 0 Å². The lowest BCUT2D eigenvalue weighted by Crippen LogP contribution is -2.45. The van der Waals surface area contributed by atoms with Gasteiger partial charge in [0.15, 0.2) is 5.96 Å². The van der Waals surface area contributed by atoms with Crippen molar-refractivity contribution in [1.82, 2.24) is 4.90 Å². The van der Waals surface area contributed by atoms with E-state index in [2.05, 4.69) is 17.1 Å². The monoisotopic (exact) mass is 419 g/mol. The van der Waals surface area contributed by atoms with Crippen LogP contribution in [-0.4, -0.2) is 54.9 Å². The van der Waals surface area contributed by atoms with Crippen LogP contribution in [0.5, 0.6) is 0 Å². The minimum absolute atomic E-state index is 0. The van der Waals surface area contributed by atoms with Crippen LogP contribution in [0.3, 0.4) is 0 Å². The van der Waals surface area contributed by atoms with Crippen molar-refractivity contribution in [3.8, 4) is 0 Å². The number of hydrogen-bond donors (Lipinski definition) is 2. The van der Waals surface area contributed by atoms with Crippen LogP contribution in [0.2, 0.25) is 0 Å². The first-order valence-electron chi connectivity index (χ1n) is 7.52. The van der Waals surface area contributed by atoms with Gasteiger partial charge in [-0.05, 0) is 18.9 Å². The Hall–Kier alpha value is -0.860. The molecule has 1 heterocycles. The standard InChI is InChI=1S/C16H25N3O2.HI/c1-13(20)11-15(14-5-3-2-4-6-14)12-18-16(17)19-7-9-21-10-8-19;/h2-6,13,15,20H,7-12H2,1H3,(H2,17,18);1H. The highest BCUT2D eigenvalue weighted by Gasteiger charge is 2.16. The molecule has 2 atom stereocenters. The maximum Gasteiger partial charge on any atom is 0.191 e. The van der Waals surface area contributed by atoms with Crippen molar-refractivity contribution in [3.05, 3.63) is 35.9 Å². The van der Waals surface area contributed by atoms with Gasteiger partial charge in [-0.1, -0.05) is 30.3 Å². The first-order valence-corrected chi connectivity index (χ1v) is 7.52. The van der Waals surface area contributed by atoms with Crippen molar-refractivity contribution in [2.24, 2.45) is 10.7 Å². The summed E-state index contributed by atoms with van der Waals surface area (Å²) in [4.78, 5) is 6.58. The Morgan fingerprint density at radius 2 is 1.95 bits per heavy atom. The molecule has 2 rings (SSSR count). The summed E-state index contributed by atoms with van der Waals surface area (Å²) in [6.07, 6.45) is 0.333. The largest absolute Gasteiger partial charge is 0.393 e. The van der Waals surface area contributed by atoms with Gasteiger partial charge < -0.3 is 20.5 Å². The number of nitrogens with two attached hydrogens (primary N) is 1. The van der Waals surface area contributed by atoms with Crippen molar-refractivity contribution in [3.63, 3.8) is 0 Å². The molecule has 0 amide bonds. The molecule has 0 spiro atoms. The molecule has 1 saturated heterocycles. The Kier molecular flexibility index (Phi) is 8.74. The molecule has 3 N–H and O–H groups in total. The van der Waals surface area contributed by atoms with Gasteiger partial charge in [0, 0.05) is 25.6 Å². The third-order valence-corrected chi connectivity index (χ3v) is 3.71.